The highest BCUT2D eigenvalue weighted by Crippen LogP contribution is 2.32. The largest absolute Gasteiger partial charge is 0.410 e. The van der Waals surface area contributed by atoms with Gasteiger partial charge in [0.25, 0.3) is 0 Å². The van der Waals surface area contributed by atoms with Gasteiger partial charge in [-0.05, 0) is 18.4 Å². The lowest BCUT2D eigenvalue weighted by Crippen LogP contribution is -2.19. The van der Waals surface area contributed by atoms with Crippen molar-refractivity contribution in [3.63, 3.8) is 0 Å². The fourth-order valence-electron chi connectivity index (χ4n) is 2.75. The van der Waals surface area contributed by atoms with Crippen LogP contribution in [0.25, 0.3) is 0 Å². The zero-order valence-corrected chi connectivity index (χ0v) is 10.3. The Morgan fingerprint density at radius 1 is 1.06 bits per heavy atom. The number of benzene rings is 1. The highest BCUT2D eigenvalue weighted by atomic mass is 16.6. The molecule has 1 atom stereocenters. The molecule has 1 saturated carbocycles. The average molecular weight is 243 g/mol. The van der Waals surface area contributed by atoms with E-state index in [0.29, 0.717) is 11.8 Å². The molecular formula is C15H17NO2. The number of esters is 1. The maximum Gasteiger partial charge on any atom is 0.342 e. The van der Waals surface area contributed by atoms with Gasteiger partial charge in [0.15, 0.2) is 11.9 Å². The molecule has 0 bridgehead atoms. The smallest absolute Gasteiger partial charge is 0.342 e. The van der Waals surface area contributed by atoms with Crippen molar-refractivity contribution in [3.8, 4) is 0 Å². The number of hydrogen-bond donors (Lipinski definition) is 0. The predicted octanol–water partition coefficient (Wildman–Crippen LogP) is 3.26. The Labute approximate surface area is 107 Å². The molecule has 0 spiro atoms. The Bertz CT molecular complexity index is 461. The van der Waals surface area contributed by atoms with Gasteiger partial charge >= 0.3 is 5.97 Å². The van der Waals surface area contributed by atoms with Crippen LogP contribution >= 0.6 is 0 Å². The second-order valence-corrected chi connectivity index (χ2v) is 5.04. The van der Waals surface area contributed by atoms with Gasteiger partial charge in [-0.2, -0.15) is 0 Å². The van der Waals surface area contributed by atoms with Crippen molar-refractivity contribution in [1.82, 2.24) is 0 Å². The molecule has 1 aromatic carbocycles. The summed E-state index contributed by atoms with van der Waals surface area (Å²) in [5, 5.41) is 0. The maximum atomic E-state index is 11.9. The van der Waals surface area contributed by atoms with Gasteiger partial charge in [0, 0.05) is 5.92 Å². The number of carbonyl (C=O) groups is 1. The first kappa shape index (κ1) is 11.5. The van der Waals surface area contributed by atoms with E-state index in [9.17, 15) is 4.79 Å². The summed E-state index contributed by atoms with van der Waals surface area (Å²) in [5.74, 6) is 0.812. The molecule has 3 heteroatoms. The average Bonchev–Trinajstić information content (AvgIpc) is 2.83. The molecule has 0 radical (unpaired) electrons. The lowest BCUT2D eigenvalue weighted by molar-refractivity contribution is -0.135. The van der Waals surface area contributed by atoms with Crippen molar-refractivity contribution >= 4 is 11.9 Å². The summed E-state index contributed by atoms with van der Waals surface area (Å²) in [7, 11) is 0. The first-order valence-electron chi connectivity index (χ1n) is 6.69. The quantitative estimate of drug-likeness (QED) is 0.748. The molecule has 1 aliphatic carbocycles. The molecule has 0 saturated heterocycles. The summed E-state index contributed by atoms with van der Waals surface area (Å²) < 4.78 is 5.38. The van der Waals surface area contributed by atoms with E-state index in [1.165, 1.54) is 19.3 Å². The van der Waals surface area contributed by atoms with Crippen LogP contribution in [-0.4, -0.2) is 11.9 Å². The van der Waals surface area contributed by atoms with Gasteiger partial charge in [-0.1, -0.05) is 49.6 Å². The van der Waals surface area contributed by atoms with Crippen LogP contribution in [0.3, 0.4) is 0 Å². The Morgan fingerprint density at radius 2 is 1.78 bits per heavy atom. The van der Waals surface area contributed by atoms with Gasteiger partial charge in [0.2, 0.25) is 0 Å². The van der Waals surface area contributed by atoms with E-state index in [-0.39, 0.29) is 5.97 Å². The van der Waals surface area contributed by atoms with Crippen LogP contribution in [0.5, 0.6) is 0 Å². The molecule has 0 aromatic heterocycles. The number of hydrogen-bond acceptors (Lipinski definition) is 3. The SMILES string of the molecule is O=C1OC(C2CCCCC2)=NC1c1ccccc1. The molecule has 1 aromatic rings. The van der Waals surface area contributed by atoms with Crippen molar-refractivity contribution in [2.75, 3.05) is 0 Å². The van der Waals surface area contributed by atoms with E-state index in [1.807, 2.05) is 30.3 Å². The first-order valence-corrected chi connectivity index (χ1v) is 6.69. The summed E-state index contributed by atoms with van der Waals surface area (Å²) in [6.45, 7) is 0. The van der Waals surface area contributed by atoms with Crippen molar-refractivity contribution in [3.05, 3.63) is 35.9 Å². The Balaban J connectivity index is 1.80. The molecule has 0 amide bonds. The number of cyclic esters (lactones) is 1. The molecule has 0 N–H and O–H groups in total. The van der Waals surface area contributed by atoms with Crippen LogP contribution in [0, 0.1) is 5.92 Å². The van der Waals surface area contributed by atoms with Gasteiger partial charge in [0.1, 0.15) is 0 Å². The highest BCUT2D eigenvalue weighted by Gasteiger charge is 2.34. The fraction of sp³-hybridized carbons (Fsp3) is 0.467. The summed E-state index contributed by atoms with van der Waals surface area (Å²) in [6, 6.07) is 9.21. The molecular weight excluding hydrogens is 226 g/mol. The Kier molecular flexibility index (Phi) is 3.13. The van der Waals surface area contributed by atoms with Crippen molar-refractivity contribution < 1.29 is 9.53 Å². The van der Waals surface area contributed by atoms with Gasteiger partial charge in [-0.15, -0.1) is 0 Å². The maximum absolute atomic E-state index is 11.9. The highest BCUT2D eigenvalue weighted by molar-refractivity contribution is 5.98. The van der Waals surface area contributed by atoms with E-state index in [2.05, 4.69) is 4.99 Å². The van der Waals surface area contributed by atoms with E-state index in [4.69, 9.17) is 4.74 Å². The molecule has 3 nitrogen and oxygen atoms in total. The Morgan fingerprint density at radius 3 is 2.50 bits per heavy atom. The lowest BCUT2D eigenvalue weighted by Gasteiger charge is -2.19. The van der Waals surface area contributed by atoms with Gasteiger partial charge in [0.05, 0.1) is 0 Å². The Hall–Kier alpha value is -1.64. The third-order valence-corrected chi connectivity index (χ3v) is 3.75. The number of nitrogens with zero attached hydrogens (tertiary/aromatic N) is 1. The zero-order chi connectivity index (χ0) is 12.4. The lowest BCUT2D eigenvalue weighted by atomic mass is 9.89. The third-order valence-electron chi connectivity index (χ3n) is 3.75. The van der Waals surface area contributed by atoms with Crippen LogP contribution in [0.4, 0.5) is 0 Å². The molecule has 1 aliphatic heterocycles. The summed E-state index contributed by atoms with van der Waals surface area (Å²) in [4.78, 5) is 16.4. The first-order chi connectivity index (χ1) is 8.84. The van der Waals surface area contributed by atoms with E-state index >= 15 is 0 Å². The molecule has 18 heavy (non-hydrogen) atoms. The van der Waals surface area contributed by atoms with Crippen molar-refractivity contribution in [2.24, 2.45) is 10.9 Å². The number of carbonyl (C=O) groups excluding carboxylic acids is 1. The topological polar surface area (TPSA) is 38.7 Å². The minimum absolute atomic E-state index is 0.221. The van der Waals surface area contributed by atoms with Crippen LogP contribution in [0.1, 0.15) is 43.7 Å². The van der Waals surface area contributed by atoms with Crippen LogP contribution in [-0.2, 0) is 9.53 Å². The number of aliphatic imine (C=N–C) groups is 1. The second-order valence-electron chi connectivity index (χ2n) is 5.04. The van der Waals surface area contributed by atoms with Crippen molar-refractivity contribution in [1.29, 1.82) is 0 Å². The van der Waals surface area contributed by atoms with E-state index < -0.39 is 6.04 Å². The van der Waals surface area contributed by atoms with Crippen LogP contribution in [0.2, 0.25) is 0 Å². The summed E-state index contributed by atoms with van der Waals surface area (Å²) in [6.07, 6.45) is 5.94. The summed E-state index contributed by atoms with van der Waals surface area (Å²) >= 11 is 0. The molecule has 1 heterocycles. The molecule has 1 unspecified atom stereocenters. The second kappa shape index (κ2) is 4.92. The van der Waals surface area contributed by atoms with Gasteiger partial charge < -0.3 is 4.74 Å². The standard InChI is InChI=1S/C15H17NO2/c17-15-13(11-7-3-1-4-8-11)16-14(18-15)12-9-5-2-6-10-12/h1,3-4,7-8,12-13H,2,5-6,9-10H2. The monoisotopic (exact) mass is 243 g/mol. The summed E-state index contributed by atoms with van der Waals surface area (Å²) in [5.41, 5.74) is 0.924. The fourth-order valence-corrected chi connectivity index (χ4v) is 2.75. The molecule has 2 aliphatic rings. The minimum Gasteiger partial charge on any atom is -0.410 e. The van der Waals surface area contributed by atoms with Gasteiger partial charge in [-0.25, -0.2) is 9.79 Å². The zero-order valence-electron chi connectivity index (χ0n) is 10.3. The molecule has 3 rings (SSSR count). The minimum atomic E-state index is -0.442. The van der Waals surface area contributed by atoms with Crippen LogP contribution in [0.15, 0.2) is 35.3 Å². The van der Waals surface area contributed by atoms with Gasteiger partial charge in [-0.3, -0.25) is 0 Å². The number of ether oxygens (including phenoxy) is 1. The molecule has 1 fully saturated rings. The van der Waals surface area contributed by atoms with Crippen LogP contribution < -0.4 is 0 Å². The van der Waals surface area contributed by atoms with Crippen molar-refractivity contribution in [2.45, 2.75) is 38.1 Å². The van der Waals surface area contributed by atoms with E-state index in [1.54, 1.807) is 0 Å². The molecule has 94 valence electrons. The van der Waals surface area contributed by atoms with E-state index in [0.717, 1.165) is 18.4 Å². The number of rotatable bonds is 2. The third kappa shape index (κ3) is 2.17. The normalized spacial score (nSPS) is 24.8. The predicted molar refractivity (Wildman–Crippen MR) is 69.3 cm³/mol.